The molecule has 0 unspecified atom stereocenters. The minimum Gasteiger partial charge on any atom is -0.488 e. The van der Waals surface area contributed by atoms with E-state index in [-0.39, 0.29) is 4.88 Å². The fourth-order valence-electron chi connectivity index (χ4n) is 4.73. The molecule has 1 aromatic carbocycles. The number of thiazole rings is 1. The Kier molecular flexibility index (Phi) is 14.7. The Hall–Kier alpha value is -2.12. The van der Waals surface area contributed by atoms with Crippen LogP contribution in [0.1, 0.15) is 126 Å². The maximum atomic E-state index is 12.2. The zero-order chi connectivity index (χ0) is 27.7. The molecule has 0 saturated carbocycles. The van der Waals surface area contributed by atoms with E-state index in [0.717, 1.165) is 45.8 Å². The summed E-state index contributed by atoms with van der Waals surface area (Å²) in [5.41, 5.74) is 0.915. The van der Waals surface area contributed by atoms with Gasteiger partial charge in [-0.05, 0) is 25.0 Å². The van der Waals surface area contributed by atoms with Gasteiger partial charge in [0.2, 0.25) is 0 Å². The van der Waals surface area contributed by atoms with Crippen LogP contribution in [-0.4, -0.2) is 29.3 Å². The monoisotopic (exact) mass is 573 g/mol. The van der Waals surface area contributed by atoms with Gasteiger partial charge in [-0.15, -0.1) is 22.7 Å². The molecule has 0 amide bonds. The van der Waals surface area contributed by atoms with E-state index in [4.69, 9.17) is 14.5 Å². The third-order valence-corrected chi connectivity index (χ3v) is 9.32. The van der Waals surface area contributed by atoms with Gasteiger partial charge in [-0.25, -0.2) is 9.78 Å². The van der Waals surface area contributed by atoms with E-state index in [1.54, 1.807) is 11.3 Å². The lowest BCUT2D eigenvalue weighted by Crippen LogP contribution is -2.05. The minimum absolute atomic E-state index is 0.203. The van der Waals surface area contributed by atoms with Crippen molar-refractivity contribution >= 4 is 38.9 Å². The molecular weight excluding hydrogens is 526 g/mol. The highest BCUT2D eigenvalue weighted by molar-refractivity contribution is 7.26. The largest absolute Gasteiger partial charge is 0.488 e. The first kappa shape index (κ1) is 31.4. The third kappa shape index (κ3) is 10.4. The number of carboxylic acids is 1. The number of fused-ring (bicyclic) bond motifs is 1. The number of benzene rings is 1. The molecule has 2 aromatic heterocycles. The number of carboxylic acid groups (broad SMARTS) is 1. The maximum absolute atomic E-state index is 12.2. The minimum atomic E-state index is -0.977. The average molecular weight is 574 g/mol. The molecule has 0 spiro atoms. The number of para-hydroxylation sites is 1. The van der Waals surface area contributed by atoms with Crippen LogP contribution < -0.4 is 9.47 Å². The molecule has 216 valence electrons. The quantitative estimate of drug-likeness (QED) is 0.121. The summed E-state index contributed by atoms with van der Waals surface area (Å²) < 4.78 is 13.6. The molecule has 3 rings (SSSR count). The van der Waals surface area contributed by atoms with Crippen LogP contribution in [0.25, 0.3) is 20.1 Å². The van der Waals surface area contributed by atoms with Crippen molar-refractivity contribution in [2.24, 2.45) is 0 Å². The second kappa shape index (κ2) is 18.3. The number of aromatic carboxylic acids is 1. The van der Waals surface area contributed by atoms with E-state index < -0.39 is 5.97 Å². The summed E-state index contributed by atoms with van der Waals surface area (Å²) in [4.78, 5) is 18.0. The van der Waals surface area contributed by atoms with E-state index in [1.165, 1.54) is 88.4 Å². The van der Waals surface area contributed by atoms with Gasteiger partial charge >= 0.3 is 5.97 Å². The smallest absolute Gasteiger partial charge is 0.349 e. The summed E-state index contributed by atoms with van der Waals surface area (Å²) in [6, 6.07) is 8.00. The number of hydrogen-bond donors (Lipinski definition) is 1. The Morgan fingerprint density at radius 2 is 1.23 bits per heavy atom. The van der Waals surface area contributed by atoms with Crippen LogP contribution in [0.15, 0.2) is 24.3 Å². The summed E-state index contributed by atoms with van der Waals surface area (Å²) in [6.45, 7) is 5.53. The van der Waals surface area contributed by atoms with Crippen molar-refractivity contribution in [3.05, 3.63) is 29.1 Å². The number of hydrogen-bond acceptors (Lipinski definition) is 6. The van der Waals surface area contributed by atoms with Crippen molar-refractivity contribution in [1.82, 2.24) is 4.98 Å². The lowest BCUT2D eigenvalue weighted by atomic mass is 10.1. The van der Waals surface area contributed by atoms with Gasteiger partial charge in [0.15, 0.2) is 16.4 Å². The van der Waals surface area contributed by atoms with Crippen molar-refractivity contribution in [3.8, 4) is 21.4 Å². The van der Waals surface area contributed by atoms with E-state index in [2.05, 4.69) is 13.8 Å². The number of thiophene rings is 1. The van der Waals surface area contributed by atoms with Crippen LogP contribution in [0.4, 0.5) is 0 Å². The van der Waals surface area contributed by atoms with E-state index >= 15 is 0 Å². The highest BCUT2D eigenvalue weighted by atomic mass is 32.1. The topological polar surface area (TPSA) is 68.7 Å². The molecule has 0 aliphatic rings. The first-order valence-electron chi connectivity index (χ1n) is 15.2. The third-order valence-electron chi connectivity index (χ3n) is 6.99. The van der Waals surface area contributed by atoms with Crippen molar-refractivity contribution in [1.29, 1.82) is 0 Å². The summed E-state index contributed by atoms with van der Waals surface area (Å²) in [5, 5.41) is 10.8. The summed E-state index contributed by atoms with van der Waals surface area (Å²) in [5.74, 6) is -0.0431. The van der Waals surface area contributed by atoms with E-state index in [1.807, 2.05) is 24.3 Å². The fraction of sp³-hybridized carbons (Fsp3) is 0.625. The molecule has 7 heteroatoms. The van der Waals surface area contributed by atoms with Crippen LogP contribution in [0.3, 0.4) is 0 Å². The zero-order valence-corrected chi connectivity index (χ0v) is 25.6. The Morgan fingerprint density at radius 1 is 0.718 bits per heavy atom. The predicted octanol–water partition coefficient (Wildman–Crippen LogP) is 10.8. The van der Waals surface area contributed by atoms with Crippen LogP contribution in [0, 0.1) is 0 Å². The molecule has 0 bridgehead atoms. The lowest BCUT2D eigenvalue weighted by molar-refractivity contribution is 0.0697. The Morgan fingerprint density at radius 3 is 1.77 bits per heavy atom. The highest BCUT2D eigenvalue weighted by Crippen LogP contribution is 2.50. The summed E-state index contributed by atoms with van der Waals surface area (Å²) in [7, 11) is 0. The molecule has 0 aliphatic heterocycles. The van der Waals surface area contributed by atoms with Gasteiger partial charge in [-0.2, -0.15) is 0 Å². The Labute approximate surface area is 243 Å². The molecule has 0 fully saturated rings. The number of ether oxygens (including phenoxy) is 2. The molecule has 2 heterocycles. The van der Waals surface area contributed by atoms with Crippen molar-refractivity contribution in [2.45, 2.75) is 117 Å². The molecule has 0 radical (unpaired) electrons. The van der Waals surface area contributed by atoms with Crippen molar-refractivity contribution in [2.75, 3.05) is 13.2 Å². The van der Waals surface area contributed by atoms with Gasteiger partial charge in [-0.1, -0.05) is 116 Å². The summed E-state index contributed by atoms with van der Waals surface area (Å²) >= 11 is 2.79. The van der Waals surface area contributed by atoms with Crippen LogP contribution in [0.2, 0.25) is 0 Å². The van der Waals surface area contributed by atoms with E-state index in [0.29, 0.717) is 24.7 Å². The SMILES string of the molecule is CCCCCCCCCCOc1c(C(=O)O)sc(-c2nc3ccccc3s2)c1OCCCCCCCCCC. The van der Waals surface area contributed by atoms with Crippen molar-refractivity contribution in [3.63, 3.8) is 0 Å². The standard InChI is InChI=1S/C32H47NO4S2/c1-3-5-7-9-11-13-15-19-23-36-27-28(37-24-20-16-14-12-10-8-6-4-2)30(32(34)35)39-29(27)31-33-25-21-17-18-22-26(25)38-31/h17-18,21-22H,3-16,19-20,23-24H2,1-2H3,(H,34,35). The van der Waals surface area contributed by atoms with Gasteiger partial charge in [0.05, 0.1) is 23.4 Å². The normalized spacial score (nSPS) is 11.3. The molecule has 0 aliphatic carbocycles. The van der Waals surface area contributed by atoms with Crippen LogP contribution in [-0.2, 0) is 0 Å². The predicted molar refractivity (Wildman–Crippen MR) is 166 cm³/mol. The second-order valence-electron chi connectivity index (χ2n) is 10.4. The maximum Gasteiger partial charge on any atom is 0.349 e. The number of aromatic nitrogens is 1. The second-order valence-corrected chi connectivity index (χ2v) is 12.4. The van der Waals surface area contributed by atoms with Gasteiger partial charge in [0.25, 0.3) is 0 Å². The zero-order valence-electron chi connectivity index (χ0n) is 24.0. The Balaban J connectivity index is 1.65. The fourth-order valence-corrected chi connectivity index (χ4v) is 6.80. The van der Waals surface area contributed by atoms with Crippen molar-refractivity contribution < 1.29 is 19.4 Å². The molecule has 0 saturated heterocycles. The number of rotatable bonds is 22. The van der Waals surface area contributed by atoms with Crippen LogP contribution >= 0.6 is 22.7 Å². The van der Waals surface area contributed by atoms with Crippen LogP contribution in [0.5, 0.6) is 11.5 Å². The molecule has 5 nitrogen and oxygen atoms in total. The highest BCUT2D eigenvalue weighted by Gasteiger charge is 2.28. The van der Waals surface area contributed by atoms with Gasteiger partial charge in [0, 0.05) is 0 Å². The first-order chi connectivity index (χ1) is 19.2. The molecule has 0 atom stereocenters. The molecule has 39 heavy (non-hydrogen) atoms. The lowest BCUT2D eigenvalue weighted by Gasteiger charge is -2.12. The molecule has 3 aromatic rings. The summed E-state index contributed by atoms with van der Waals surface area (Å²) in [6.07, 6.45) is 19.4. The number of carbonyl (C=O) groups is 1. The number of nitrogens with zero attached hydrogens (tertiary/aromatic N) is 1. The Bertz CT molecular complexity index is 1070. The van der Waals surface area contributed by atoms with Gasteiger partial charge in [0.1, 0.15) is 9.88 Å². The molecular formula is C32H47NO4S2. The van der Waals surface area contributed by atoms with Gasteiger partial charge < -0.3 is 14.6 Å². The van der Waals surface area contributed by atoms with E-state index in [9.17, 15) is 9.90 Å². The average Bonchev–Trinajstić information content (AvgIpc) is 3.53. The first-order valence-corrected chi connectivity index (χ1v) is 16.8. The number of unbranched alkanes of at least 4 members (excludes halogenated alkanes) is 14. The molecule has 1 N–H and O–H groups in total. The van der Waals surface area contributed by atoms with Gasteiger partial charge in [-0.3, -0.25) is 0 Å².